The fourth-order valence-corrected chi connectivity index (χ4v) is 1.89. The predicted octanol–water partition coefficient (Wildman–Crippen LogP) is 1.00. The second kappa shape index (κ2) is 4.16. The molecule has 0 radical (unpaired) electrons. The van der Waals surface area contributed by atoms with Gasteiger partial charge in [0.2, 0.25) is 5.88 Å². The summed E-state index contributed by atoms with van der Waals surface area (Å²) in [5.41, 5.74) is 7.19. The van der Waals surface area contributed by atoms with Crippen LogP contribution in [-0.4, -0.2) is 28.3 Å². The molecular formula is C9H11BrN4O. The van der Waals surface area contributed by atoms with Crippen LogP contribution in [0.25, 0.3) is 5.65 Å². The second-order valence-corrected chi connectivity index (χ2v) is 3.78. The molecular weight excluding hydrogens is 260 g/mol. The van der Waals surface area contributed by atoms with E-state index in [-0.39, 0.29) is 0 Å². The van der Waals surface area contributed by atoms with Gasteiger partial charge in [-0.15, -0.1) is 5.10 Å². The summed E-state index contributed by atoms with van der Waals surface area (Å²) in [6.07, 6.45) is 0.728. The summed E-state index contributed by atoms with van der Waals surface area (Å²) in [5, 5.41) is 4.24. The molecule has 0 aliphatic heterocycles. The van der Waals surface area contributed by atoms with Gasteiger partial charge in [-0.25, -0.2) is 9.50 Å². The lowest BCUT2D eigenvalue weighted by Crippen LogP contribution is -2.03. The maximum absolute atomic E-state index is 5.49. The van der Waals surface area contributed by atoms with E-state index >= 15 is 0 Å². The molecule has 0 bridgehead atoms. The smallest absolute Gasteiger partial charge is 0.231 e. The molecule has 0 aliphatic carbocycles. The summed E-state index contributed by atoms with van der Waals surface area (Å²) < 4.78 is 7.57. The fourth-order valence-electron chi connectivity index (χ4n) is 1.34. The molecule has 0 fully saturated rings. The molecule has 80 valence electrons. The molecule has 5 nitrogen and oxygen atoms in total. The molecule has 2 N–H and O–H groups in total. The lowest BCUT2D eigenvalue weighted by Gasteiger charge is -1.98. The zero-order chi connectivity index (χ0) is 10.8. The van der Waals surface area contributed by atoms with Crippen LogP contribution in [0.5, 0.6) is 5.88 Å². The van der Waals surface area contributed by atoms with Gasteiger partial charge in [0, 0.05) is 12.5 Å². The first-order chi connectivity index (χ1) is 7.26. The predicted molar refractivity (Wildman–Crippen MR) is 60.0 cm³/mol. The van der Waals surface area contributed by atoms with Gasteiger partial charge in [-0.3, -0.25) is 0 Å². The summed E-state index contributed by atoms with van der Waals surface area (Å²) in [6, 6.07) is 3.64. The van der Waals surface area contributed by atoms with Gasteiger partial charge in [0.05, 0.1) is 12.8 Å². The van der Waals surface area contributed by atoms with Crippen LogP contribution in [0.4, 0.5) is 0 Å². The molecule has 0 unspecified atom stereocenters. The van der Waals surface area contributed by atoms with Gasteiger partial charge < -0.3 is 10.5 Å². The standard InChI is InChI=1S/C9H11BrN4O/c1-15-8-3-2-7-12-6(4-5-11)9(10)14(7)13-8/h2-3H,4-5,11H2,1H3. The number of hydrogen-bond donors (Lipinski definition) is 1. The maximum Gasteiger partial charge on any atom is 0.231 e. The third kappa shape index (κ3) is 1.82. The summed E-state index contributed by atoms with van der Waals surface area (Å²) >= 11 is 3.44. The highest BCUT2D eigenvalue weighted by atomic mass is 79.9. The molecule has 0 spiro atoms. The van der Waals surface area contributed by atoms with Crippen molar-refractivity contribution in [2.45, 2.75) is 6.42 Å². The van der Waals surface area contributed by atoms with Gasteiger partial charge in [-0.05, 0) is 28.5 Å². The first kappa shape index (κ1) is 10.4. The third-order valence-corrected chi connectivity index (χ3v) is 2.85. The summed E-state index contributed by atoms with van der Waals surface area (Å²) in [5.74, 6) is 0.555. The van der Waals surface area contributed by atoms with Crippen molar-refractivity contribution in [3.63, 3.8) is 0 Å². The lowest BCUT2D eigenvalue weighted by molar-refractivity contribution is 0.389. The molecule has 2 aromatic rings. The highest BCUT2D eigenvalue weighted by molar-refractivity contribution is 9.10. The van der Waals surface area contributed by atoms with Gasteiger partial charge >= 0.3 is 0 Å². The van der Waals surface area contributed by atoms with E-state index in [1.807, 2.05) is 6.07 Å². The second-order valence-electron chi connectivity index (χ2n) is 3.03. The number of aromatic nitrogens is 3. The first-order valence-corrected chi connectivity index (χ1v) is 5.33. The Morgan fingerprint density at radius 1 is 1.53 bits per heavy atom. The number of halogens is 1. The number of methoxy groups -OCH3 is 1. The molecule has 6 heteroatoms. The molecule has 0 aromatic carbocycles. The number of nitrogens with two attached hydrogens (primary N) is 1. The monoisotopic (exact) mass is 270 g/mol. The van der Waals surface area contributed by atoms with Gasteiger partial charge in [0.25, 0.3) is 0 Å². The fraction of sp³-hybridized carbons (Fsp3) is 0.333. The number of ether oxygens (including phenoxy) is 1. The van der Waals surface area contributed by atoms with Crippen molar-refractivity contribution in [2.75, 3.05) is 13.7 Å². The number of hydrogen-bond acceptors (Lipinski definition) is 4. The van der Waals surface area contributed by atoms with Crippen molar-refractivity contribution in [2.24, 2.45) is 5.73 Å². The largest absolute Gasteiger partial charge is 0.480 e. The van der Waals surface area contributed by atoms with Crippen LogP contribution in [0, 0.1) is 0 Å². The summed E-state index contributed by atoms with van der Waals surface area (Å²) in [4.78, 5) is 4.40. The third-order valence-electron chi connectivity index (χ3n) is 2.05. The van der Waals surface area contributed by atoms with E-state index in [0.29, 0.717) is 12.4 Å². The number of fused-ring (bicyclic) bond motifs is 1. The van der Waals surface area contributed by atoms with Gasteiger partial charge in [0.15, 0.2) is 5.65 Å². The zero-order valence-corrected chi connectivity index (χ0v) is 9.86. The van der Waals surface area contributed by atoms with Crippen LogP contribution >= 0.6 is 15.9 Å². The molecule has 15 heavy (non-hydrogen) atoms. The van der Waals surface area contributed by atoms with E-state index in [2.05, 4.69) is 26.0 Å². The Labute approximate surface area is 95.4 Å². The van der Waals surface area contributed by atoms with Crippen molar-refractivity contribution >= 4 is 21.6 Å². The quantitative estimate of drug-likeness (QED) is 0.904. The maximum atomic E-state index is 5.49. The Hall–Kier alpha value is -1.14. The Bertz CT molecular complexity index is 482. The van der Waals surface area contributed by atoms with Gasteiger partial charge in [-0.1, -0.05) is 0 Å². The number of imidazole rings is 1. The van der Waals surface area contributed by atoms with Gasteiger partial charge in [-0.2, -0.15) is 0 Å². The zero-order valence-electron chi connectivity index (χ0n) is 8.27. The minimum Gasteiger partial charge on any atom is -0.480 e. The van der Waals surface area contributed by atoms with Gasteiger partial charge in [0.1, 0.15) is 4.60 Å². The average Bonchev–Trinajstić information content (AvgIpc) is 2.56. The minimum atomic E-state index is 0.555. The molecule has 2 aromatic heterocycles. The van der Waals surface area contributed by atoms with Crippen LogP contribution in [0.2, 0.25) is 0 Å². The van der Waals surface area contributed by atoms with Crippen LogP contribution in [0.15, 0.2) is 16.7 Å². The highest BCUT2D eigenvalue weighted by Gasteiger charge is 2.10. The van der Waals surface area contributed by atoms with Crippen LogP contribution in [0.3, 0.4) is 0 Å². The molecule has 0 atom stereocenters. The number of nitrogens with zero attached hydrogens (tertiary/aromatic N) is 3. The van der Waals surface area contributed by atoms with Crippen molar-refractivity contribution < 1.29 is 4.74 Å². The summed E-state index contributed by atoms with van der Waals surface area (Å²) in [7, 11) is 1.58. The molecule has 0 aliphatic rings. The SMILES string of the molecule is COc1ccc2nc(CCN)c(Br)n2n1. The van der Waals surface area contributed by atoms with Crippen molar-refractivity contribution in [1.29, 1.82) is 0 Å². The van der Waals surface area contributed by atoms with Crippen LogP contribution in [-0.2, 0) is 6.42 Å². The van der Waals surface area contributed by atoms with E-state index in [0.717, 1.165) is 22.4 Å². The first-order valence-electron chi connectivity index (χ1n) is 4.54. The van der Waals surface area contributed by atoms with E-state index in [1.165, 1.54) is 0 Å². The minimum absolute atomic E-state index is 0.555. The van der Waals surface area contributed by atoms with Crippen molar-refractivity contribution in [3.05, 3.63) is 22.4 Å². The Balaban J connectivity index is 2.56. The van der Waals surface area contributed by atoms with Crippen molar-refractivity contribution in [3.8, 4) is 5.88 Å². The molecule has 0 amide bonds. The summed E-state index contributed by atoms with van der Waals surface area (Å²) in [6.45, 7) is 0.569. The van der Waals surface area contributed by atoms with Crippen LogP contribution in [0.1, 0.15) is 5.69 Å². The normalized spacial score (nSPS) is 10.9. The Kier molecular flexibility index (Phi) is 2.88. The van der Waals surface area contributed by atoms with Crippen LogP contribution < -0.4 is 10.5 Å². The van der Waals surface area contributed by atoms with E-state index in [4.69, 9.17) is 10.5 Å². The molecule has 2 rings (SSSR count). The molecule has 2 heterocycles. The Morgan fingerprint density at radius 3 is 3.00 bits per heavy atom. The Morgan fingerprint density at radius 2 is 2.33 bits per heavy atom. The average molecular weight is 271 g/mol. The highest BCUT2D eigenvalue weighted by Crippen LogP contribution is 2.19. The van der Waals surface area contributed by atoms with E-state index in [1.54, 1.807) is 17.7 Å². The molecule has 0 saturated heterocycles. The number of rotatable bonds is 3. The molecule has 0 saturated carbocycles. The topological polar surface area (TPSA) is 65.4 Å². The van der Waals surface area contributed by atoms with E-state index < -0.39 is 0 Å². The van der Waals surface area contributed by atoms with Crippen molar-refractivity contribution in [1.82, 2.24) is 14.6 Å². The lowest BCUT2D eigenvalue weighted by atomic mass is 10.3. The van der Waals surface area contributed by atoms with E-state index in [9.17, 15) is 0 Å².